The molecule has 0 aliphatic rings. The third-order valence-corrected chi connectivity index (χ3v) is 1.68. The van der Waals surface area contributed by atoms with Crippen molar-refractivity contribution in [2.24, 2.45) is 15.9 Å². The largest absolute Gasteiger partial charge is 0.377 e. The molecule has 0 aliphatic heterocycles. The highest BCUT2D eigenvalue weighted by molar-refractivity contribution is 8.13. The minimum Gasteiger partial charge on any atom is -0.377 e. The van der Waals surface area contributed by atoms with Crippen LogP contribution in [0.5, 0.6) is 0 Å². The van der Waals surface area contributed by atoms with Crippen molar-refractivity contribution >= 4 is 23.1 Å². The summed E-state index contributed by atoms with van der Waals surface area (Å²) < 4.78 is 0. The summed E-state index contributed by atoms with van der Waals surface area (Å²) in [5.74, 6) is 0. The molecule has 0 aliphatic carbocycles. The summed E-state index contributed by atoms with van der Waals surface area (Å²) in [5.41, 5.74) is 6.25. The predicted octanol–water partition coefficient (Wildman–Crippen LogP) is 0.488. The lowest BCUT2D eigenvalue weighted by molar-refractivity contribution is 1.03. The SMILES string of the molecule is CS/C(N)=N\N=C\c1ccnnc1. The van der Waals surface area contributed by atoms with Gasteiger partial charge in [-0.3, -0.25) is 0 Å². The first kappa shape index (κ1) is 9.66. The number of hydrogen-bond acceptors (Lipinski definition) is 5. The van der Waals surface area contributed by atoms with Crippen molar-refractivity contribution in [2.75, 3.05) is 6.26 Å². The zero-order valence-electron chi connectivity index (χ0n) is 7.08. The first-order chi connectivity index (χ1) is 6.33. The lowest BCUT2D eigenvalue weighted by atomic mass is 10.3. The molecular formula is C7H9N5S. The van der Waals surface area contributed by atoms with Crippen LogP contribution in [0.2, 0.25) is 0 Å². The third-order valence-electron chi connectivity index (χ3n) is 1.18. The van der Waals surface area contributed by atoms with Crippen molar-refractivity contribution in [1.82, 2.24) is 10.2 Å². The minimum absolute atomic E-state index is 0.429. The zero-order valence-corrected chi connectivity index (χ0v) is 7.90. The van der Waals surface area contributed by atoms with Crippen LogP contribution in [0.4, 0.5) is 0 Å². The Bertz CT molecular complexity index is 308. The Morgan fingerprint density at radius 3 is 3.08 bits per heavy atom. The van der Waals surface area contributed by atoms with E-state index in [0.29, 0.717) is 5.17 Å². The first-order valence-electron chi connectivity index (χ1n) is 3.50. The van der Waals surface area contributed by atoms with Crippen molar-refractivity contribution in [3.63, 3.8) is 0 Å². The van der Waals surface area contributed by atoms with Gasteiger partial charge in [-0.1, -0.05) is 11.8 Å². The average Bonchev–Trinajstić information content (AvgIpc) is 2.19. The van der Waals surface area contributed by atoms with Gasteiger partial charge in [-0.2, -0.15) is 15.3 Å². The summed E-state index contributed by atoms with van der Waals surface area (Å²) in [6, 6.07) is 1.78. The number of nitrogens with two attached hydrogens (primary N) is 1. The second-order valence-corrected chi connectivity index (χ2v) is 2.89. The van der Waals surface area contributed by atoms with E-state index in [1.165, 1.54) is 11.8 Å². The first-order valence-corrected chi connectivity index (χ1v) is 4.72. The molecule has 68 valence electrons. The Morgan fingerprint density at radius 1 is 1.62 bits per heavy atom. The van der Waals surface area contributed by atoms with Gasteiger partial charge in [0.25, 0.3) is 0 Å². The summed E-state index contributed by atoms with van der Waals surface area (Å²) in [7, 11) is 0. The van der Waals surface area contributed by atoms with E-state index in [0.717, 1.165) is 5.56 Å². The Labute approximate surface area is 80.2 Å². The second kappa shape index (κ2) is 5.26. The molecule has 0 saturated heterocycles. The fraction of sp³-hybridized carbons (Fsp3) is 0.143. The third kappa shape index (κ3) is 3.66. The molecule has 0 spiro atoms. The Morgan fingerprint density at radius 2 is 2.46 bits per heavy atom. The standard InChI is InChI=1S/C7H9N5S/c1-13-7(8)12-11-5-6-2-3-9-10-4-6/h2-5H,1H3,(H2,8,12)/b11-5+. The maximum absolute atomic E-state index is 5.41. The van der Waals surface area contributed by atoms with E-state index in [4.69, 9.17) is 5.73 Å². The molecule has 1 rings (SSSR count). The molecule has 13 heavy (non-hydrogen) atoms. The van der Waals surface area contributed by atoms with Crippen molar-refractivity contribution in [3.05, 3.63) is 24.0 Å². The van der Waals surface area contributed by atoms with Gasteiger partial charge in [-0.05, 0) is 12.3 Å². The van der Waals surface area contributed by atoms with E-state index in [9.17, 15) is 0 Å². The number of hydrogen-bond donors (Lipinski definition) is 1. The molecular weight excluding hydrogens is 186 g/mol. The molecule has 1 aromatic rings. The van der Waals surface area contributed by atoms with Gasteiger partial charge in [-0.15, -0.1) is 5.10 Å². The van der Waals surface area contributed by atoms with Crippen LogP contribution >= 0.6 is 11.8 Å². The number of thioether (sulfide) groups is 1. The number of amidine groups is 1. The number of nitrogens with zero attached hydrogens (tertiary/aromatic N) is 4. The molecule has 0 radical (unpaired) electrons. The van der Waals surface area contributed by atoms with Crippen molar-refractivity contribution < 1.29 is 0 Å². The molecule has 0 unspecified atom stereocenters. The van der Waals surface area contributed by atoms with Gasteiger partial charge < -0.3 is 5.73 Å². The summed E-state index contributed by atoms with van der Waals surface area (Å²) in [4.78, 5) is 0. The van der Waals surface area contributed by atoms with Crippen LogP contribution in [-0.4, -0.2) is 27.8 Å². The van der Waals surface area contributed by atoms with Gasteiger partial charge in [0.15, 0.2) is 5.17 Å². The molecule has 5 nitrogen and oxygen atoms in total. The van der Waals surface area contributed by atoms with Crippen LogP contribution in [0.3, 0.4) is 0 Å². The fourth-order valence-corrected chi connectivity index (χ4v) is 0.699. The van der Waals surface area contributed by atoms with Crippen LogP contribution in [0.1, 0.15) is 5.56 Å². The van der Waals surface area contributed by atoms with Crippen molar-refractivity contribution in [3.8, 4) is 0 Å². The highest BCUT2D eigenvalue weighted by Gasteiger charge is 1.85. The van der Waals surface area contributed by atoms with Gasteiger partial charge in [0, 0.05) is 5.56 Å². The van der Waals surface area contributed by atoms with E-state index in [1.54, 1.807) is 24.7 Å². The Balaban J connectivity index is 2.60. The van der Waals surface area contributed by atoms with Crippen LogP contribution in [-0.2, 0) is 0 Å². The summed E-state index contributed by atoms with van der Waals surface area (Å²) in [6.07, 6.45) is 6.58. The maximum atomic E-state index is 5.41. The highest BCUT2D eigenvalue weighted by atomic mass is 32.2. The molecule has 0 atom stereocenters. The normalized spacial score (nSPS) is 12.2. The molecule has 0 aromatic carbocycles. The van der Waals surface area contributed by atoms with E-state index in [1.807, 2.05) is 6.26 Å². The average molecular weight is 195 g/mol. The molecule has 1 heterocycles. The van der Waals surface area contributed by atoms with Crippen LogP contribution in [0.15, 0.2) is 28.7 Å². The van der Waals surface area contributed by atoms with Gasteiger partial charge in [0.1, 0.15) is 0 Å². The van der Waals surface area contributed by atoms with E-state index in [2.05, 4.69) is 20.4 Å². The van der Waals surface area contributed by atoms with Crippen molar-refractivity contribution in [2.45, 2.75) is 0 Å². The fourth-order valence-electron chi connectivity index (χ4n) is 0.571. The summed E-state index contributed by atoms with van der Waals surface area (Å²) >= 11 is 1.35. The molecule has 0 bridgehead atoms. The number of rotatable bonds is 2. The number of aromatic nitrogens is 2. The van der Waals surface area contributed by atoms with Crippen LogP contribution in [0.25, 0.3) is 0 Å². The van der Waals surface area contributed by atoms with Gasteiger partial charge in [0.2, 0.25) is 0 Å². The molecule has 0 amide bonds. The highest BCUT2D eigenvalue weighted by Crippen LogP contribution is 1.92. The summed E-state index contributed by atoms with van der Waals surface area (Å²) in [5, 5.41) is 15.2. The van der Waals surface area contributed by atoms with Crippen molar-refractivity contribution in [1.29, 1.82) is 0 Å². The second-order valence-electron chi connectivity index (χ2n) is 2.06. The van der Waals surface area contributed by atoms with Gasteiger partial charge in [0.05, 0.1) is 18.6 Å². The smallest absolute Gasteiger partial charge is 0.180 e. The van der Waals surface area contributed by atoms with E-state index < -0.39 is 0 Å². The Kier molecular flexibility index (Phi) is 3.90. The topological polar surface area (TPSA) is 76.5 Å². The van der Waals surface area contributed by atoms with E-state index in [-0.39, 0.29) is 0 Å². The molecule has 0 saturated carbocycles. The minimum atomic E-state index is 0.429. The zero-order chi connectivity index (χ0) is 9.52. The molecule has 0 fully saturated rings. The monoisotopic (exact) mass is 195 g/mol. The molecule has 1 aromatic heterocycles. The molecule has 2 N–H and O–H groups in total. The lowest BCUT2D eigenvalue weighted by Gasteiger charge is -1.88. The summed E-state index contributed by atoms with van der Waals surface area (Å²) in [6.45, 7) is 0. The van der Waals surface area contributed by atoms with Gasteiger partial charge in [-0.25, -0.2) is 0 Å². The molecule has 6 heteroatoms. The van der Waals surface area contributed by atoms with Crippen LogP contribution < -0.4 is 5.73 Å². The van der Waals surface area contributed by atoms with Gasteiger partial charge >= 0.3 is 0 Å². The predicted molar refractivity (Wildman–Crippen MR) is 54.8 cm³/mol. The van der Waals surface area contributed by atoms with Crippen LogP contribution in [0, 0.1) is 0 Å². The van der Waals surface area contributed by atoms with E-state index >= 15 is 0 Å². The maximum Gasteiger partial charge on any atom is 0.180 e. The Hall–Kier alpha value is -1.43. The quantitative estimate of drug-likeness (QED) is 0.423. The lowest BCUT2D eigenvalue weighted by Crippen LogP contribution is -2.03.